The minimum atomic E-state index is -1.23. The van der Waals surface area contributed by atoms with Gasteiger partial charge in [-0.1, -0.05) is 36.0 Å². The Morgan fingerprint density at radius 3 is 2.66 bits per heavy atom. The number of carbonyl (C=O) groups is 1. The Labute approximate surface area is 188 Å². The average molecular weight is 461 g/mol. The summed E-state index contributed by atoms with van der Waals surface area (Å²) < 4.78 is 49.1. The van der Waals surface area contributed by atoms with Crippen LogP contribution >= 0.6 is 11.8 Å². The molecular formula is C24H23F3N2O2S. The number of aliphatic imine (C=N–C) groups is 1. The number of nitrogens with zero attached hydrogens (tertiary/aromatic N) is 1. The van der Waals surface area contributed by atoms with E-state index in [9.17, 15) is 13.6 Å². The van der Waals surface area contributed by atoms with Crippen LogP contribution in [0.15, 0.2) is 53.5 Å². The molecule has 168 valence electrons. The summed E-state index contributed by atoms with van der Waals surface area (Å²) in [5.74, 6) is -1.71. The number of alkyl halides is 1. The molecule has 8 heteroatoms. The topological polar surface area (TPSA) is 50.7 Å². The molecule has 5 rings (SSSR count). The number of amides is 1. The summed E-state index contributed by atoms with van der Waals surface area (Å²) in [6.07, 6.45) is 2.68. The van der Waals surface area contributed by atoms with Crippen LogP contribution in [0.2, 0.25) is 0 Å². The number of thioether (sulfide) groups is 1. The van der Waals surface area contributed by atoms with Crippen LogP contribution in [0.3, 0.4) is 0 Å². The Kier molecular flexibility index (Phi) is 5.75. The number of ether oxygens (including phenoxy) is 1. The van der Waals surface area contributed by atoms with Crippen molar-refractivity contribution in [1.82, 2.24) is 5.32 Å². The monoisotopic (exact) mass is 460 g/mol. The Morgan fingerprint density at radius 1 is 1.19 bits per heavy atom. The first-order valence-electron chi connectivity index (χ1n) is 10.8. The van der Waals surface area contributed by atoms with Crippen molar-refractivity contribution in [2.45, 2.75) is 36.2 Å². The molecule has 1 saturated heterocycles. The molecule has 1 saturated carbocycles. The Balaban J connectivity index is 1.55. The van der Waals surface area contributed by atoms with Crippen LogP contribution in [-0.4, -0.2) is 35.7 Å². The summed E-state index contributed by atoms with van der Waals surface area (Å²) in [6.45, 7) is -0.597. The Bertz CT molecular complexity index is 1050. The molecule has 2 aliphatic heterocycles. The van der Waals surface area contributed by atoms with Crippen molar-refractivity contribution in [1.29, 1.82) is 0 Å². The van der Waals surface area contributed by atoms with Gasteiger partial charge in [-0.2, -0.15) is 0 Å². The summed E-state index contributed by atoms with van der Waals surface area (Å²) in [5.41, 5.74) is -0.626. The summed E-state index contributed by atoms with van der Waals surface area (Å²) >= 11 is 1.17. The van der Waals surface area contributed by atoms with E-state index in [1.54, 1.807) is 30.3 Å². The van der Waals surface area contributed by atoms with Crippen LogP contribution in [0.1, 0.15) is 35.2 Å². The number of hydrogen-bond donors (Lipinski definition) is 1. The lowest BCUT2D eigenvalue weighted by molar-refractivity contribution is -0.0736. The maximum atomic E-state index is 15.0. The van der Waals surface area contributed by atoms with Gasteiger partial charge in [-0.05, 0) is 43.4 Å². The van der Waals surface area contributed by atoms with Gasteiger partial charge in [0.25, 0.3) is 5.91 Å². The van der Waals surface area contributed by atoms with E-state index in [2.05, 4.69) is 5.32 Å². The first-order valence-corrected chi connectivity index (χ1v) is 11.6. The van der Waals surface area contributed by atoms with E-state index in [0.29, 0.717) is 17.9 Å². The third-order valence-electron chi connectivity index (χ3n) is 6.58. The van der Waals surface area contributed by atoms with Crippen molar-refractivity contribution in [2.24, 2.45) is 16.8 Å². The normalized spacial score (nSPS) is 29.7. The van der Waals surface area contributed by atoms with Crippen molar-refractivity contribution in [2.75, 3.05) is 13.3 Å². The molecule has 2 aromatic carbocycles. The number of fused-ring (bicyclic) bond motifs is 1. The molecule has 4 nitrogen and oxygen atoms in total. The van der Waals surface area contributed by atoms with Crippen LogP contribution in [0.25, 0.3) is 0 Å². The van der Waals surface area contributed by atoms with Gasteiger partial charge in [-0.25, -0.2) is 18.2 Å². The number of carbonyl (C=O) groups excluding carboxylic acids is 1. The lowest BCUT2D eigenvalue weighted by atomic mass is 9.72. The molecule has 2 heterocycles. The van der Waals surface area contributed by atoms with E-state index in [1.165, 1.54) is 23.9 Å². The van der Waals surface area contributed by atoms with Crippen molar-refractivity contribution < 1.29 is 22.7 Å². The lowest BCUT2D eigenvalue weighted by Crippen LogP contribution is -2.55. The molecule has 1 aliphatic carbocycles. The van der Waals surface area contributed by atoms with Gasteiger partial charge >= 0.3 is 0 Å². The molecule has 3 aliphatic rings. The van der Waals surface area contributed by atoms with Gasteiger partial charge in [-0.3, -0.25) is 4.79 Å². The standard InChI is InChI=1S/C24H23F3N2O2S/c25-12-21-18-11-20(14-6-7-14)31-13-24(18,17-9-8-16(26)10-19(17)27)29-23(32-21)28-22(30)15-4-2-1-3-5-15/h1-5,8-10,14,18,20-21H,6-7,11-13H2,(H,28,29,30)/t18-,20+,21+,24+/m0/s1. The maximum Gasteiger partial charge on any atom is 0.257 e. The SMILES string of the molecule is O=C(NC1=N[C@@]2(c3ccc(F)cc3F)CO[C@@H](C3CC3)C[C@H]2[C@@H](CF)S1)c1ccccc1. The number of hydrogen-bond acceptors (Lipinski definition) is 4. The van der Waals surface area contributed by atoms with E-state index in [0.717, 1.165) is 18.9 Å². The average Bonchev–Trinajstić information content (AvgIpc) is 3.64. The second-order valence-electron chi connectivity index (χ2n) is 8.63. The van der Waals surface area contributed by atoms with E-state index >= 15 is 4.39 Å². The fourth-order valence-electron chi connectivity index (χ4n) is 4.79. The zero-order chi connectivity index (χ0) is 22.3. The number of nitrogens with one attached hydrogen (secondary N) is 1. The van der Waals surface area contributed by atoms with Crippen molar-refractivity contribution in [3.8, 4) is 0 Å². The highest BCUT2D eigenvalue weighted by molar-refractivity contribution is 8.14. The smallest absolute Gasteiger partial charge is 0.257 e. The molecule has 0 bridgehead atoms. The summed E-state index contributed by atoms with van der Waals surface area (Å²) in [4.78, 5) is 17.5. The number of benzene rings is 2. The van der Waals surface area contributed by atoms with Crippen LogP contribution in [0, 0.1) is 23.5 Å². The third kappa shape index (κ3) is 3.94. The quantitative estimate of drug-likeness (QED) is 0.710. The predicted molar refractivity (Wildman–Crippen MR) is 117 cm³/mol. The Hall–Kier alpha value is -2.32. The van der Waals surface area contributed by atoms with Crippen molar-refractivity contribution in [3.05, 3.63) is 71.3 Å². The molecule has 1 N–H and O–H groups in total. The van der Waals surface area contributed by atoms with Crippen LogP contribution < -0.4 is 5.32 Å². The molecule has 2 aromatic rings. The van der Waals surface area contributed by atoms with Gasteiger partial charge in [-0.15, -0.1) is 0 Å². The zero-order valence-electron chi connectivity index (χ0n) is 17.3. The summed E-state index contributed by atoms with van der Waals surface area (Å²) in [7, 11) is 0. The van der Waals surface area contributed by atoms with Crippen LogP contribution in [-0.2, 0) is 10.3 Å². The van der Waals surface area contributed by atoms with Gasteiger partial charge in [0, 0.05) is 28.4 Å². The fourth-order valence-corrected chi connectivity index (χ4v) is 6.01. The van der Waals surface area contributed by atoms with Crippen LogP contribution in [0.5, 0.6) is 0 Å². The molecule has 1 amide bonds. The number of halogens is 3. The molecule has 2 fully saturated rings. The molecule has 32 heavy (non-hydrogen) atoms. The van der Waals surface area contributed by atoms with E-state index in [-0.39, 0.29) is 35.3 Å². The largest absolute Gasteiger partial charge is 0.375 e. The zero-order valence-corrected chi connectivity index (χ0v) is 18.1. The number of rotatable bonds is 4. The predicted octanol–water partition coefficient (Wildman–Crippen LogP) is 4.85. The molecule has 0 aromatic heterocycles. The maximum absolute atomic E-state index is 15.0. The van der Waals surface area contributed by atoms with Gasteiger partial charge in [0.2, 0.25) is 0 Å². The van der Waals surface area contributed by atoms with E-state index in [4.69, 9.17) is 9.73 Å². The van der Waals surface area contributed by atoms with Crippen molar-refractivity contribution >= 4 is 22.8 Å². The first kappa shape index (κ1) is 21.5. The first-order chi connectivity index (χ1) is 15.5. The molecule has 0 radical (unpaired) electrons. The third-order valence-corrected chi connectivity index (χ3v) is 7.76. The molecule has 0 unspecified atom stereocenters. The second kappa shape index (κ2) is 8.56. The molecular weight excluding hydrogens is 437 g/mol. The highest BCUT2D eigenvalue weighted by Crippen LogP contribution is 2.53. The lowest BCUT2D eigenvalue weighted by Gasteiger charge is -2.49. The van der Waals surface area contributed by atoms with Gasteiger partial charge in [0.05, 0.1) is 12.7 Å². The molecule has 4 atom stereocenters. The highest BCUT2D eigenvalue weighted by atomic mass is 32.2. The number of amidine groups is 1. The van der Waals surface area contributed by atoms with E-state index < -0.39 is 29.1 Å². The van der Waals surface area contributed by atoms with Gasteiger partial charge < -0.3 is 10.1 Å². The summed E-state index contributed by atoms with van der Waals surface area (Å²) in [5, 5.41) is 2.44. The van der Waals surface area contributed by atoms with Crippen molar-refractivity contribution in [3.63, 3.8) is 0 Å². The minimum absolute atomic E-state index is 0.0121. The van der Waals surface area contributed by atoms with Gasteiger partial charge in [0.15, 0.2) is 5.17 Å². The minimum Gasteiger partial charge on any atom is -0.375 e. The fraction of sp³-hybridized carbons (Fsp3) is 0.417. The van der Waals surface area contributed by atoms with Gasteiger partial charge in [0.1, 0.15) is 23.8 Å². The second-order valence-corrected chi connectivity index (χ2v) is 9.85. The summed E-state index contributed by atoms with van der Waals surface area (Å²) in [6, 6.07) is 12.0. The van der Waals surface area contributed by atoms with Crippen LogP contribution in [0.4, 0.5) is 13.2 Å². The molecule has 0 spiro atoms. The highest BCUT2D eigenvalue weighted by Gasteiger charge is 2.55. The Morgan fingerprint density at radius 2 is 1.97 bits per heavy atom. The van der Waals surface area contributed by atoms with E-state index in [1.807, 2.05) is 0 Å².